The number of rotatable bonds is 13. The Morgan fingerprint density at radius 1 is 1.04 bits per heavy atom. The van der Waals surface area contributed by atoms with Crippen molar-refractivity contribution in [2.45, 2.75) is 77.2 Å². The molecule has 1 unspecified atom stereocenters. The van der Waals surface area contributed by atoms with Gasteiger partial charge >= 0.3 is 0 Å². The molecular weight excluding hydrogens is 296 g/mol. The van der Waals surface area contributed by atoms with E-state index >= 15 is 0 Å². The van der Waals surface area contributed by atoms with E-state index in [1.807, 2.05) is 0 Å². The van der Waals surface area contributed by atoms with E-state index in [9.17, 15) is 0 Å². The standard InChI is InChI=1S/C22H34O2/c1-3-4-5-6-7-8-9-10-11-12-15-20-16-13-14-17-21(20)23-18-22(2)19-24-22/h6-7,13-14,16-17H,3-5,8-12,15,18-19H2,1-2H3/b7-6+. The highest BCUT2D eigenvalue weighted by molar-refractivity contribution is 5.33. The lowest BCUT2D eigenvalue weighted by Crippen LogP contribution is -2.17. The number of unbranched alkanes of at least 4 members (excludes halogenated alkanes) is 6. The third kappa shape index (κ3) is 7.53. The van der Waals surface area contributed by atoms with Crippen LogP contribution in [0.3, 0.4) is 0 Å². The fraction of sp³-hybridized carbons (Fsp3) is 0.636. The molecule has 1 heterocycles. The zero-order valence-corrected chi connectivity index (χ0v) is 15.6. The maximum absolute atomic E-state index is 5.97. The van der Waals surface area contributed by atoms with E-state index in [-0.39, 0.29) is 5.60 Å². The summed E-state index contributed by atoms with van der Waals surface area (Å²) in [5, 5.41) is 0. The largest absolute Gasteiger partial charge is 0.490 e. The van der Waals surface area contributed by atoms with Crippen LogP contribution in [0.4, 0.5) is 0 Å². The van der Waals surface area contributed by atoms with Gasteiger partial charge in [0.1, 0.15) is 18.0 Å². The Balaban J connectivity index is 1.57. The van der Waals surface area contributed by atoms with Crippen LogP contribution in [0.1, 0.15) is 70.8 Å². The summed E-state index contributed by atoms with van der Waals surface area (Å²) in [5.41, 5.74) is 1.29. The van der Waals surface area contributed by atoms with Crippen LogP contribution in [-0.4, -0.2) is 18.8 Å². The van der Waals surface area contributed by atoms with Crippen molar-refractivity contribution >= 4 is 0 Å². The van der Waals surface area contributed by atoms with Gasteiger partial charge in [-0.2, -0.15) is 0 Å². The molecule has 1 fully saturated rings. The average molecular weight is 331 g/mol. The van der Waals surface area contributed by atoms with Gasteiger partial charge in [0.2, 0.25) is 0 Å². The summed E-state index contributed by atoms with van der Waals surface area (Å²) in [6.07, 6.45) is 16.1. The smallest absolute Gasteiger partial charge is 0.123 e. The number of allylic oxidation sites excluding steroid dienone is 2. The number of hydrogen-bond acceptors (Lipinski definition) is 2. The van der Waals surface area contributed by atoms with Crippen molar-refractivity contribution in [3.63, 3.8) is 0 Å². The molecule has 1 aliphatic heterocycles. The Kier molecular flexibility index (Phi) is 8.38. The third-order valence-electron chi connectivity index (χ3n) is 4.60. The molecule has 0 radical (unpaired) electrons. The fourth-order valence-electron chi connectivity index (χ4n) is 2.78. The van der Waals surface area contributed by atoms with Crippen LogP contribution < -0.4 is 4.74 Å². The summed E-state index contributed by atoms with van der Waals surface area (Å²) in [6, 6.07) is 8.45. The first-order chi connectivity index (χ1) is 11.7. The molecule has 24 heavy (non-hydrogen) atoms. The SMILES string of the molecule is CCCC/C=C/CCCCCCc1ccccc1OCC1(C)CO1. The molecule has 134 valence electrons. The number of ether oxygens (including phenoxy) is 2. The van der Waals surface area contributed by atoms with Crippen molar-refractivity contribution in [3.05, 3.63) is 42.0 Å². The molecule has 2 nitrogen and oxygen atoms in total. The van der Waals surface area contributed by atoms with Crippen LogP contribution in [0, 0.1) is 0 Å². The predicted molar refractivity (Wildman–Crippen MR) is 102 cm³/mol. The van der Waals surface area contributed by atoms with E-state index in [0.717, 1.165) is 18.8 Å². The second kappa shape index (κ2) is 10.6. The Hall–Kier alpha value is -1.28. The summed E-state index contributed by atoms with van der Waals surface area (Å²) < 4.78 is 11.4. The van der Waals surface area contributed by atoms with Gasteiger partial charge in [-0.15, -0.1) is 0 Å². The molecule has 0 bridgehead atoms. The fourth-order valence-corrected chi connectivity index (χ4v) is 2.78. The predicted octanol–water partition coefficient (Wildman–Crippen LogP) is 6.09. The lowest BCUT2D eigenvalue weighted by molar-refractivity contribution is 0.201. The first kappa shape index (κ1) is 19.1. The molecule has 0 spiro atoms. The zero-order chi connectivity index (χ0) is 17.1. The molecule has 1 atom stereocenters. The quantitative estimate of drug-likeness (QED) is 0.248. The highest BCUT2D eigenvalue weighted by Crippen LogP contribution is 2.28. The Morgan fingerprint density at radius 2 is 1.75 bits per heavy atom. The monoisotopic (exact) mass is 330 g/mol. The minimum Gasteiger partial charge on any atom is -0.490 e. The summed E-state index contributed by atoms with van der Waals surface area (Å²) in [6.45, 7) is 5.83. The molecule has 0 aromatic heterocycles. The van der Waals surface area contributed by atoms with E-state index in [1.165, 1.54) is 56.9 Å². The molecule has 1 aromatic carbocycles. The molecule has 0 aliphatic carbocycles. The van der Waals surface area contributed by atoms with E-state index in [2.05, 4.69) is 50.3 Å². The lowest BCUT2D eigenvalue weighted by atomic mass is 10.0. The molecule has 1 aliphatic rings. The highest BCUT2D eigenvalue weighted by atomic mass is 16.6. The first-order valence-corrected chi connectivity index (χ1v) is 9.73. The first-order valence-electron chi connectivity index (χ1n) is 9.73. The molecular formula is C22H34O2. The van der Waals surface area contributed by atoms with Crippen molar-refractivity contribution in [3.8, 4) is 5.75 Å². The van der Waals surface area contributed by atoms with Gasteiger partial charge in [-0.25, -0.2) is 0 Å². The van der Waals surface area contributed by atoms with Crippen LogP contribution in [0.2, 0.25) is 0 Å². The van der Waals surface area contributed by atoms with E-state index in [0.29, 0.717) is 6.61 Å². The van der Waals surface area contributed by atoms with Crippen molar-refractivity contribution in [1.29, 1.82) is 0 Å². The van der Waals surface area contributed by atoms with Gasteiger partial charge in [-0.1, -0.05) is 63.0 Å². The van der Waals surface area contributed by atoms with E-state index in [1.54, 1.807) is 0 Å². The molecule has 2 rings (SSSR count). The highest BCUT2D eigenvalue weighted by Gasteiger charge is 2.40. The van der Waals surface area contributed by atoms with E-state index < -0.39 is 0 Å². The summed E-state index contributed by atoms with van der Waals surface area (Å²) in [5.74, 6) is 1.04. The van der Waals surface area contributed by atoms with Crippen LogP contribution in [0.15, 0.2) is 36.4 Å². The summed E-state index contributed by atoms with van der Waals surface area (Å²) in [4.78, 5) is 0. The molecule has 0 amide bonds. The minimum absolute atomic E-state index is 0.0439. The van der Waals surface area contributed by atoms with Gasteiger partial charge < -0.3 is 9.47 Å². The van der Waals surface area contributed by atoms with Crippen LogP contribution >= 0.6 is 0 Å². The second-order valence-electron chi connectivity index (χ2n) is 7.20. The summed E-state index contributed by atoms with van der Waals surface area (Å²) in [7, 11) is 0. The van der Waals surface area contributed by atoms with Crippen molar-refractivity contribution < 1.29 is 9.47 Å². The molecule has 0 N–H and O–H groups in total. The van der Waals surface area contributed by atoms with Crippen molar-refractivity contribution in [2.75, 3.05) is 13.2 Å². The Morgan fingerprint density at radius 3 is 2.50 bits per heavy atom. The van der Waals surface area contributed by atoms with Gasteiger partial charge in [0.05, 0.1) is 6.61 Å². The van der Waals surface area contributed by atoms with Gasteiger partial charge in [0.15, 0.2) is 0 Å². The van der Waals surface area contributed by atoms with Crippen molar-refractivity contribution in [2.24, 2.45) is 0 Å². The number of epoxide rings is 1. The van der Waals surface area contributed by atoms with Crippen molar-refractivity contribution in [1.82, 2.24) is 0 Å². The molecule has 0 saturated carbocycles. The number of aryl methyl sites for hydroxylation is 1. The van der Waals surface area contributed by atoms with Gasteiger partial charge in [0, 0.05) is 0 Å². The van der Waals surface area contributed by atoms with Gasteiger partial charge in [0.25, 0.3) is 0 Å². The normalized spacial score (nSPS) is 19.8. The number of benzene rings is 1. The van der Waals surface area contributed by atoms with Gasteiger partial charge in [-0.05, 0) is 50.7 Å². The lowest BCUT2D eigenvalue weighted by Gasteiger charge is -2.13. The average Bonchev–Trinajstić information content (AvgIpc) is 3.33. The second-order valence-corrected chi connectivity index (χ2v) is 7.20. The van der Waals surface area contributed by atoms with Crippen LogP contribution in [0.25, 0.3) is 0 Å². The van der Waals surface area contributed by atoms with Crippen LogP contribution in [-0.2, 0) is 11.2 Å². The number of hydrogen-bond donors (Lipinski definition) is 0. The van der Waals surface area contributed by atoms with Gasteiger partial charge in [-0.3, -0.25) is 0 Å². The summed E-state index contributed by atoms with van der Waals surface area (Å²) >= 11 is 0. The Labute approximate surface area is 148 Å². The molecule has 1 aromatic rings. The topological polar surface area (TPSA) is 21.8 Å². The Bertz CT molecular complexity index is 488. The third-order valence-corrected chi connectivity index (χ3v) is 4.60. The zero-order valence-electron chi connectivity index (χ0n) is 15.6. The molecule has 1 saturated heterocycles. The van der Waals surface area contributed by atoms with Crippen LogP contribution in [0.5, 0.6) is 5.75 Å². The minimum atomic E-state index is -0.0439. The maximum Gasteiger partial charge on any atom is 0.123 e. The van der Waals surface area contributed by atoms with E-state index in [4.69, 9.17) is 9.47 Å². The maximum atomic E-state index is 5.97. The number of para-hydroxylation sites is 1. The molecule has 2 heteroatoms.